The predicted molar refractivity (Wildman–Crippen MR) is 90.1 cm³/mol. The van der Waals surface area contributed by atoms with E-state index in [0.717, 1.165) is 19.3 Å². The molecule has 0 amide bonds. The van der Waals surface area contributed by atoms with Crippen molar-refractivity contribution in [1.29, 1.82) is 0 Å². The monoisotopic (exact) mass is 339 g/mol. The fourth-order valence-electron chi connectivity index (χ4n) is 3.09. The molecule has 1 aromatic carbocycles. The molecule has 1 heterocycles. The lowest BCUT2D eigenvalue weighted by Gasteiger charge is -2.35. The summed E-state index contributed by atoms with van der Waals surface area (Å²) in [6.45, 7) is 7.36. The van der Waals surface area contributed by atoms with E-state index in [4.69, 9.17) is 0 Å². The fourth-order valence-corrected chi connectivity index (χ4v) is 5.11. The molecule has 0 spiro atoms. The molecular formula is C17H25NO4S. The van der Waals surface area contributed by atoms with Gasteiger partial charge in [0.2, 0.25) is 10.0 Å². The van der Waals surface area contributed by atoms with Crippen LogP contribution in [0.4, 0.5) is 0 Å². The molecule has 1 aliphatic heterocycles. The van der Waals surface area contributed by atoms with Gasteiger partial charge in [0.05, 0.1) is 10.7 Å². The van der Waals surface area contributed by atoms with Gasteiger partial charge in [-0.15, -0.1) is 0 Å². The normalized spacial score (nSPS) is 19.7. The van der Waals surface area contributed by atoms with Gasteiger partial charge in [-0.25, -0.2) is 8.42 Å². The summed E-state index contributed by atoms with van der Waals surface area (Å²) in [5.41, 5.74) is 1.09. The third-order valence-electron chi connectivity index (χ3n) is 4.42. The van der Waals surface area contributed by atoms with Crippen molar-refractivity contribution in [3.05, 3.63) is 35.6 Å². The first-order chi connectivity index (χ1) is 10.7. The van der Waals surface area contributed by atoms with Crippen molar-refractivity contribution in [3.63, 3.8) is 0 Å². The minimum Gasteiger partial charge on any atom is -0.513 e. The van der Waals surface area contributed by atoms with Crippen molar-refractivity contribution in [3.8, 4) is 5.75 Å². The van der Waals surface area contributed by atoms with Gasteiger partial charge in [0, 0.05) is 19.0 Å². The molecule has 1 aromatic rings. The standard InChI is InChI=1S/C17H25NO4S/c1-12-11-17(13(2)10-16(12)20)23(21,22)18-9-5-4-6-15(18)8-7-14(3)19/h10-11,15,19-20H,3-9H2,1-2H3. The van der Waals surface area contributed by atoms with Gasteiger partial charge in [-0.05, 0) is 56.4 Å². The van der Waals surface area contributed by atoms with Crippen molar-refractivity contribution in [2.45, 2.75) is 56.9 Å². The van der Waals surface area contributed by atoms with Crippen molar-refractivity contribution < 1.29 is 18.6 Å². The van der Waals surface area contributed by atoms with Gasteiger partial charge in [-0.3, -0.25) is 0 Å². The number of allylic oxidation sites excluding steroid dienone is 1. The molecule has 1 saturated heterocycles. The van der Waals surface area contributed by atoms with E-state index in [1.807, 2.05) is 0 Å². The van der Waals surface area contributed by atoms with Gasteiger partial charge >= 0.3 is 0 Å². The number of benzene rings is 1. The molecule has 2 rings (SSSR count). The van der Waals surface area contributed by atoms with E-state index >= 15 is 0 Å². The third-order valence-corrected chi connectivity index (χ3v) is 6.51. The summed E-state index contributed by atoms with van der Waals surface area (Å²) in [7, 11) is -3.62. The number of phenols is 1. The highest BCUT2D eigenvalue weighted by Gasteiger charge is 2.34. The number of hydrogen-bond donors (Lipinski definition) is 2. The Morgan fingerprint density at radius 2 is 2.00 bits per heavy atom. The average Bonchev–Trinajstić information content (AvgIpc) is 2.49. The van der Waals surface area contributed by atoms with Crippen LogP contribution in [0.5, 0.6) is 5.75 Å². The number of aliphatic hydroxyl groups is 1. The zero-order valence-electron chi connectivity index (χ0n) is 13.7. The Morgan fingerprint density at radius 3 is 2.65 bits per heavy atom. The maximum absolute atomic E-state index is 13.1. The Morgan fingerprint density at radius 1 is 1.30 bits per heavy atom. The van der Waals surface area contributed by atoms with E-state index < -0.39 is 10.0 Å². The van der Waals surface area contributed by atoms with Crippen molar-refractivity contribution in [2.24, 2.45) is 0 Å². The molecular weight excluding hydrogens is 314 g/mol. The van der Waals surface area contributed by atoms with Crippen LogP contribution in [0.15, 0.2) is 29.4 Å². The third kappa shape index (κ3) is 3.87. The molecule has 1 aliphatic rings. The highest BCUT2D eigenvalue weighted by molar-refractivity contribution is 7.89. The number of phenolic OH excluding ortho intramolecular Hbond substituents is 1. The Labute approximate surface area is 138 Å². The minimum absolute atomic E-state index is 0.0876. The summed E-state index contributed by atoms with van der Waals surface area (Å²) < 4.78 is 27.7. The van der Waals surface area contributed by atoms with E-state index in [-0.39, 0.29) is 22.4 Å². The van der Waals surface area contributed by atoms with Gasteiger partial charge in [0.1, 0.15) is 5.75 Å². The molecule has 2 N–H and O–H groups in total. The number of aliphatic hydroxyl groups excluding tert-OH is 1. The second-order valence-electron chi connectivity index (χ2n) is 6.27. The lowest BCUT2D eigenvalue weighted by molar-refractivity contribution is 0.233. The zero-order valence-corrected chi connectivity index (χ0v) is 14.6. The molecule has 1 unspecified atom stereocenters. The van der Waals surface area contributed by atoms with Crippen molar-refractivity contribution >= 4 is 10.0 Å². The maximum atomic E-state index is 13.1. The number of rotatable bonds is 5. The predicted octanol–water partition coefficient (Wildman–Crippen LogP) is 3.40. The summed E-state index contributed by atoms with van der Waals surface area (Å²) in [5.74, 6) is 0.192. The Bertz CT molecular complexity index is 697. The van der Waals surface area contributed by atoms with Crippen molar-refractivity contribution in [1.82, 2.24) is 4.31 Å². The van der Waals surface area contributed by atoms with Gasteiger partial charge in [0.15, 0.2) is 0 Å². The number of aromatic hydroxyl groups is 1. The molecule has 6 heteroatoms. The number of hydrogen-bond acceptors (Lipinski definition) is 4. The van der Waals surface area contributed by atoms with Crippen molar-refractivity contribution in [2.75, 3.05) is 6.54 Å². The summed E-state index contributed by atoms with van der Waals surface area (Å²) in [4.78, 5) is 0.252. The van der Waals surface area contributed by atoms with Gasteiger partial charge in [-0.1, -0.05) is 13.0 Å². The SMILES string of the molecule is C=C(O)CCC1CCCCN1S(=O)(=O)c1cc(C)c(O)cc1C. The number of sulfonamides is 1. The van der Waals surface area contributed by atoms with Crippen LogP contribution < -0.4 is 0 Å². The summed E-state index contributed by atoms with van der Waals surface area (Å²) in [6.07, 6.45) is 3.60. The van der Waals surface area contributed by atoms with Crippen LogP contribution >= 0.6 is 0 Å². The van der Waals surface area contributed by atoms with Crippen LogP contribution in [-0.2, 0) is 10.0 Å². The van der Waals surface area contributed by atoms with Gasteiger partial charge in [0.25, 0.3) is 0 Å². The molecule has 23 heavy (non-hydrogen) atoms. The lowest BCUT2D eigenvalue weighted by Crippen LogP contribution is -2.43. The molecule has 0 aromatic heterocycles. The van der Waals surface area contributed by atoms with E-state index in [9.17, 15) is 18.6 Å². The largest absolute Gasteiger partial charge is 0.513 e. The minimum atomic E-state index is -3.62. The number of nitrogens with zero attached hydrogens (tertiary/aromatic N) is 1. The quantitative estimate of drug-likeness (QED) is 0.806. The maximum Gasteiger partial charge on any atom is 0.243 e. The fraction of sp³-hybridized carbons (Fsp3) is 0.529. The smallest absolute Gasteiger partial charge is 0.243 e. The van der Waals surface area contributed by atoms with Crippen LogP contribution in [0.2, 0.25) is 0 Å². The molecule has 1 fully saturated rings. The molecule has 0 radical (unpaired) electrons. The van der Waals surface area contributed by atoms with Gasteiger partial charge in [-0.2, -0.15) is 4.31 Å². The lowest BCUT2D eigenvalue weighted by atomic mass is 10.0. The van der Waals surface area contributed by atoms with Crippen LogP contribution in [0.3, 0.4) is 0 Å². The molecule has 0 bridgehead atoms. The summed E-state index contributed by atoms with van der Waals surface area (Å²) in [6, 6.07) is 2.92. The van der Waals surface area contributed by atoms with Crippen LogP contribution in [-0.4, -0.2) is 35.5 Å². The second kappa shape index (κ2) is 6.93. The number of aryl methyl sites for hydroxylation is 2. The molecule has 128 valence electrons. The molecule has 0 saturated carbocycles. The van der Waals surface area contributed by atoms with Gasteiger partial charge < -0.3 is 10.2 Å². The van der Waals surface area contributed by atoms with E-state index in [0.29, 0.717) is 30.5 Å². The Balaban J connectivity index is 2.36. The zero-order chi connectivity index (χ0) is 17.2. The number of piperidine rings is 1. The Kier molecular flexibility index (Phi) is 5.37. The first kappa shape index (κ1) is 17.8. The summed E-state index contributed by atoms with van der Waals surface area (Å²) in [5, 5.41) is 19.1. The van der Waals surface area contributed by atoms with Crippen LogP contribution in [0.1, 0.15) is 43.2 Å². The molecule has 0 aliphatic carbocycles. The Hall–Kier alpha value is -1.53. The second-order valence-corrected chi connectivity index (χ2v) is 8.13. The molecule has 5 nitrogen and oxygen atoms in total. The highest BCUT2D eigenvalue weighted by Crippen LogP contribution is 2.32. The van der Waals surface area contributed by atoms with E-state index in [1.54, 1.807) is 18.2 Å². The first-order valence-corrected chi connectivity index (χ1v) is 9.36. The summed E-state index contributed by atoms with van der Waals surface area (Å²) >= 11 is 0. The topological polar surface area (TPSA) is 77.8 Å². The van der Waals surface area contributed by atoms with Crippen LogP contribution in [0.25, 0.3) is 0 Å². The first-order valence-electron chi connectivity index (χ1n) is 7.92. The average molecular weight is 339 g/mol. The molecule has 1 atom stereocenters. The van der Waals surface area contributed by atoms with E-state index in [2.05, 4.69) is 6.58 Å². The van der Waals surface area contributed by atoms with Crippen LogP contribution in [0, 0.1) is 13.8 Å². The highest BCUT2D eigenvalue weighted by atomic mass is 32.2. The van der Waals surface area contributed by atoms with E-state index in [1.165, 1.54) is 12.1 Å².